The van der Waals surface area contributed by atoms with Crippen molar-refractivity contribution in [2.75, 3.05) is 6.61 Å². The molecule has 1 aliphatic rings. The van der Waals surface area contributed by atoms with Crippen LogP contribution in [0.1, 0.15) is 29.2 Å². The lowest BCUT2D eigenvalue weighted by atomic mass is 10.1. The predicted octanol–water partition coefficient (Wildman–Crippen LogP) is 3.20. The molecule has 3 rings (SSSR count). The number of hydrogen-bond donors (Lipinski definition) is 2. The van der Waals surface area contributed by atoms with Gasteiger partial charge in [-0.2, -0.15) is 0 Å². The molecule has 1 heterocycles. The first-order chi connectivity index (χ1) is 13.9. The van der Waals surface area contributed by atoms with Crippen molar-refractivity contribution in [3.05, 3.63) is 64.2 Å². The standard InChI is InChI=1S/C22H22N2O4S/c1-4-27-19-11-15(10-17-20(25)23-22(29)24-21(17)26)5-6-18(19)28-12-16-8-13(2)7-14(3)9-16/h5-11H,4,12H2,1-3H3,(H2,23,24,25,26,29). The van der Waals surface area contributed by atoms with E-state index in [2.05, 4.69) is 42.7 Å². The van der Waals surface area contributed by atoms with Gasteiger partial charge in [-0.3, -0.25) is 20.2 Å². The first-order valence-electron chi connectivity index (χ1n) is 9.21. The number of aryl methyl sites for hydroxylation is 2. The summed E-state index contributed by atoms with van der Waals surface area (Å²) >= 11 is 4.81. The van der Waals surface area contributed by atoms with Gasteiger partial charge in [-0.15, -0.1) is 0 Å². The van der Waals surface area contributed by atoms with Crippen molar-refractivity contribution in [3.63, 3.8) is 0 Å². The van der Waals surface area contributed by atoms with Crippen LogP contribution in [-0.2, 0) is 16.2 Å². The van der Waals surface area contributed by atoms with E-state index in [9.17, 15) is 9.59 Å². The number of carbonyl (C=O) groups is 2. The maximum Gasteiger partial charge on any atom is 0.263 e. The van der Waals surface area contributed by atoms with Crippen LogP contribution in [0, 0.1) is 13.8 Å². The lowest BCUT2D eigenvalue weighted by Crippen LogP contribution is -2.51. The van der Waals surface area contributed by atoms with Crippen molar-refractivity contribution in [1.82, 2.24) is 10.6 Å². The summed E-state index contributed by atoms with van der Waals surface area (Å²) in [5.74, 6) is 0.0592. The first kappa shape index (κ1) is 20.5. The summed E-state index contributed by atoms with van der Waals surface area (Å²) in [6.45, 7) is 6.84. The number of ether oxygens (including phenoxy) is 2. The lowest BCUT2D eigenvalue weighted by molar-refractivity contribution is -0.123. The van der Waals surface area contributed by atoms with Crippen LogP contribution in [0.15, 0.2) is 42.0 Å². The smallest absolute Gasteiger partial charge is 0.263 e. The third-order valence-electron chi connectivity index (χ3n) is 4.20. The van der Waals surface area contributed by atoms with Gasteiger partial charge in [-0.05, 0) is 62.3 Å². The Morgan fingerprint density at radius 1 is 0.931 bits per heavy atom. The molecule has 0 bridgehead atoms. The van der Waals surface area contributed by atoms with Crippen molar-refractivity contribution in [2.24, 2.45) is 0 Å². The Balaban J connectivity index is 1.83. The van der Waals surface area contributed by atoms with E-state index in [1.54, 1.807) is 18.2 Å². The van der Waals surface area contributed by atoms with Gasteiger partial charge >= 0.3 is 0 Å². The summed E-state index contributed by atoms with van der Waals surface area (Å²) < 4.78 is 11.7. The first-order valence-corrected chi connectivity index (χ1v) is 9.61. The van der Waals surface area contributed by atoms with Gasteiger partial charge in [0.1, 0.15) is 12.2 Å². The van der Waals surface area contributed by atoms with Gasteiger partial charge in [-0.25, -0.2) is 0 Å². The monoisotopic (exact) mass is 410 g/mol. The third kappa shape index (κ3) is 5.20. The van der Waals surface area contributed by atoms with Crippen LogP contribution in [0.2, 0.25) is 0 Å². The fraction of sp³-hybridized carbons (Fsp3) is 0.227. The highest BCUT2D eigenvalue weighted by molar-refractivity contribution is 7.80. The number of hydrogen-bond acceptors (Lipinski definition) is 5. The summed E-state index contributed by atoms with van der Waals surface area (Å²) in [5, 5.41) is 4.83. The molecular formula is C22H22N2O4S. The minimum atomic E-state index is -0.535. The second kappa shape index (κ2) is 8.87. The van der Waals surface area contributed by atoms with E-state index in [1.165, 1.54) is 17.2 Å². The minimum Gasteiger partial charge on any atom is -0.490 e. The molecule has 6 nitrogen and oxygen atoms in total. The van der Waals surface area contributed by atoms with Gasteiger partial charge in [0, 0.05) is 0 Å². The molecule has 0 saturated carbocycles. The lowest BCUT2D eigenvalue weighted by Gasteiger charge is -2.17. The maximum atomic E-state index is 12.0. The van der Waals surface area contributed by atoms with Crippen molar-refractivity contribution in [2.45, 2.75) is 27.4 Å². The normalized spacial score (nSPS) is 13.6. The van der Waals surface area contributed by atoms with Crippen LogP contribution in [0.5, 0.6) is 11.5 Å². The van der Waals surface area contributed by atoms with Gasteiger partial charge in [0.25, 0.3) is 11.8 Å². The van der Waals surface area contributed by atoms with Gasteiger partial charge < -0.3 is 9.47 Å². The maximum absolute atomic E-state index is 12.0. The fourth-order valence-electron chi connectivity index (χ4n) is 3.09. The van der Waals surface area contributed by atoms with Crippen LogP contribution in [0.4, 0.5) is 0 Å². The van der Waals surface area contributed by atoms with Gasteiger partial charge in [0.2, 0.25) is 0 Å². The van der Waals surface area contributed by atoms with E-state index in [4.69, 9.17) is 21.7 Å². The molecule has 1 fully saturated rings. The summed E-state index contributed by atoms with van der Waals surface area (Å²) in [4.78, 5) is 24.1. The number of benzene rings is 2. The van der Waals surface area contributed by atoms with Crippen molar-refractivity contribution >= 4 is 35.2 Å². The molecule has 0 aliphatic carbocycles. The Morgan fingerprint density at radius 3 is 2.21 bits per heavy atom. The zero-order valence-electron chi connectivity index (χ0n) is 16.5. The molecule has 0 spiro atoms. The molecule has 0 atom stereocenters. The largest absolute Gasteiger partial charge is 0.490 e. The molecule has 0 radical (unpaired) electrons. The average molecular weight is 410 g/mol. The highest BCUT2D eigenvalue weighted by atomic mass is 32.1. The molecule has 2 N–H and O–H groups in total. The molecule has 7 heteroatoms. The van der Waals surface area contributed by atoms with Crippen LogP contribution >= 0.6 is 12.2 Å². The summed E-state index contributed by atoms with van der Waals surface area (Å²) in [7, 11) is 0. The zero-order valence-corrected chi connectivity index (χ0v) is 17.3. The zero-order chi connectivity index (χ0) is 21.0. The summed E-state index contributed by atoms with van der Waals surface area (Å²) in [5.41, 5.74) is 4.05. The van der Waals surface area contributed by atoms with E-state index >= 15 is 0 Å². The summed E-state index contributed by atoms with van der Waals surface area (Å²) in [6, 6.07) is 11.5. The Bertz CT molecular complexity index is 972. The van der Waals surface area contributed by atoms with E-state index in [1.807, 2.05) is 6.92 Å². The number of carbonyl (C=O) groups excluding carboxylic acids is 2. The van der Waals surface area contributed by atoms with Crippen molar-refractivity contribution in [1.29, 1.82) is 0 Å². The average Bonchev–Trinajstić information content (AvgIpc) is 2.63. The third-order valence-corrected chi connectivity index (χ3v) is 4.40. The van der Waals surface area contributed by atoms with Gasteiger partial charge in [-0.1, -0.05) is 35.4 Å². The predicted molar refractivity (Wildman–Crippen MR) is 115 cm³/mol. The number of nitrogens with one attached hydrogen (secondary N) is 2. The minimum absolute atomic E-state index is 0.00212. The topological polar surface area (TPSA) is 76.7 Å². The Labute approximate surface area is 174 Å². The van der Waals surface area contributed by atoms with E-state index in [0.717, 1.165) is 5.56 Å². The highest BCUT2D eigenvalue weighted by Crippen LogP contribution is 2.30. The van der Waals surface area contributed by atoms with Gasteiger partial charge in [0.05, 0.1) is 6.61 Å². The number of thiocarbonyl (C=S) groups is 1. The molecular weight excluding hydrogens is 388 g/mol. The van der Waals surface area contributed by atoms with E-state index in [-0.39, 0.29) is 10.7 Å². The Morgan fingerprint density at radius 2 is 1.59 bits per heavy atom. The SMILES string of the molecule is CCOc1cc(C=C2C(=O)NC(=S)NC2=O)ccc1OCc1cc(C)cc(C)c1. The second-order valence-electron chi connectivity index (χ2n) is 6.72. The Hall–Kier alpha value is -3.19. The highest BCUT2D eigenvalue weighted by Gasteiger charge is 2.25. The molecule has 2 aromatic carbocycles. The number of amides is 2. The molecule has 0 unspecified atom stereocenters. The van der Waals surface area contributed by atoms with E-state index < -0.39 is 11.8 Å². The van der Waals surface area contributed by atoms with Crippen LogP contribution < -0.4 is 20.1 Å². The molecule has 1 aliphatic heterocycles. The summed E-state index contributed by atoms with van der Waals surface area (Å²) in [6.07, 6.45) is 1.49. The second-order valence-corrected chi connectivity index (χ2v) is 7.13. The molecule has 0 aromatic heterocycles. The van der Waals surface area contributed by atoms with E-state index in [0.29, 0.717) is 30.3 Å². The Kier molecular flexibility index (Phi) is 6.29. The van der Waals surface area contributed by atoms with Crippen LogP contribution in [0.3, 0.4) is 0 Å². The number of rotatable bonds is 6. The quantitative estimate of drug-likeness (QED) is 0.435. The van der Waals surface area contributed by atoms with Crippen molar-refractivity contribution < 1.29 is 19.1 Å². The fourth-order valence-corrected chi connectivity index (χ4v) is 3.27. The van der Waals surface area contributed by atoms with Gasteiger partial charge in [0.15, 0.2) is 16.6 Å². The molecule has 150 valence electrons. The van der Waals surface area contributed by atoms with Crippen molar-refractivity contribution in [3.8, 4) is 11.5 Å². The molecule has 2 aromatic rings. The van der Waals surface area contributed by atoms with Crippen LogP contribution in [0.25, 0.3) is 6.08 Å². The van der Waals surface area contributed by atoms with Crippen LogP contribution in [-0.4, -0.2) is 23.5 Å². The molecule has 1 saturated heterocycles. The molecule has 29 heavy (non-hydrogen) atoms. The molecule has 2 amide bonds.